The number of benzene rings is 1. The molecule has 86 valence electrons. The van der Waals surface area contributed by atoms with E-state index in [2.05, 4.69) is 16.3 Å². The molecule has 0 amide bonds. The van der Waals surface area contributed by atoms with Gasteiger partial charge in [0, 0.05) is 11.6 Å². The Balaban J connectivity index is 0.00000128. The first kappa shape index (κ1) is 13.1. The SMILES string of the molecule is Cc1nnc(-c2cccc(C(C)N)c2)s1.Cl. The normalized spacial score (nSPS) is 11.9. The molecule has 2 N–H and O–H groups in total. The van der Waals surface area contributed by atoms with Crippen LogP contribution in [0.4, 0.5) is 0 Å². The maximum atomic E-state index is 5.83. The fourth-order valence-electron chi connectivity index (χ4n) is 1.37. The molecule has 0 saturated heterocycles. The molecule has 0 fully saturated rings. The molecule has 0 saturated carbocycles. The minimum Gasteiger partial charge on any atom is -0.324 e. The monoisotopic (exact) mass is 255 g/mol. The number of nitrogens with zero attached hydrogens (tertiary/aromatic N) is 2. The molecule has 5 heteroatoms. The third-order valence-electron chi connectivity index (χ3n) is 2.19. The van der Waals surface area contributed by atoms with Gasteiger partial charge in [0.05, 0.1) is 0 Å². The van der Waals surface area contributed by atoms with Gasteiger partial charge in [0.1, 0.15) is 10.0 Å². The predicted octanol–water partition coefficient (Wildman–Crippen LogP) is 2.96. The van der Waals surface area contributed by atoms with Crippen LogP contribution in [-0.4, -0.2) is 10.2 Å². The molecule has 0 bridgehead atoms. The number of aromatic nitrogens is 2. The van der Waals surface area contributed by atoms with E-state index in [0.29, 0.717) is 0 Å². The van der Waals surface area contributed by atoms with Gasteiger partial charge in [0.25, 0.3) is 0 Å². The van der Waals surface area contributed by atoms with Crippen molar-refractivity contribution in [1.29, 1.82) is 0 Å². The van der Waals surface area contributed by atoms with Gasteiger partial charge in [-0.3, -0.25) is 0 Å². The maximum absolute atomic E-state index is 5.83. The third kappa shape index (κ3) is 2.78. The van der Waals surface area contributed by atoms with E-state index >= 15 is 0 Å². The Morgan fingerprint density at radius 3 is 2.62 bits per heavy atom. The molecule has 16 heavy (non-hydrogen) atoms. The zero-order valence-electron chi connectivity index (χ0n) is 9.18. The minimum atomic E-state index is 0. The van der Waals surface area contributed by atoms with Gasteiger partial charge in [-0.1, -0.05) is 29.5 Å². The second-order valence-corrected chi connectivity index (χ2v) is 4.72. The summed E-state index contributed by atoms with van der Waals surface area (Å²) in [6, 6.07) is 8.20. The van der Waals surface area contributed by atoms with Crippen molar-refractivity contribution in [3.63, 3.8) is 0 Å². The van der Waals surface area contributed by atoms with Gasteiger partial charge in [-0.15, -0.1) is 22.6 Å². The number of nitrogens with two attached hydrogens (primary N) is 1. The number of aryl methyl sites for hydroxylation is 1. The molecule has 1 atom stereocenters. The lowest BCUT2D eigenvalue weighted by molar-refractivity contribution is 0.818. The van der Waals surface area contributed by atoms with E-state index in [1.54, 1.807) is 11.3 Å². The average Bonchev–Trinajstić information content (AvgIpc) is 2.65. The first-order valence-corrected chi connectivity index (χ1v) is 5.64. The van der Waals surface area contributed by atoms with Gasteiger partial charge < -0.3 is 5.73 Å². The van der Waals surface area contributed by atoms with Gasteiger partial charge in [0.15, 0.2) is 0 Å². The lowest BCUT2D eigenvalue weighted by Crippen LogP contribution is -2.04. The predicted molar refractivity (Wildman–Crippen MR) is 69.9 cm³/mol. The van der Waals surface area contributed by atoms with Crippen molar-refractivity contribution in [2.75, 3.05) is 0 Å². The van der Waals surface area contributed by atoms with Gasteiger partial charge >= 0.3 is 0 Å². The topological polar surface area (TPSA) is 51.8 Å². The average molecular weight is 256 g/mol. The van der Waals surface area contributed by atoms with E-state index < -0.39 is 0 Å². The Labute approximate surface area is 105 Å². The fourth-order valence-corrected chi connectivity index (χ4v) is 2.06. The highest BCUT2D eigenvalue weighted by Gasteiger charge is 2.06. The first-order chi connectivity index (χ1) is 7.16. The van der Waals surface area contributed by atoms with E-state index in [1.165, 1.54) is 0 Å². The fraction of sp³-hybridized carbons (Fsp3) is 0.273. The van der Waals surface area contributed by atoms with Gasteiger partial charge in [-0.25, -0.2) is 0 Å². The van der Waals surface area contributed by atoms with Crippen molar-refractivity contribution in [2.45, 2.75) is 19.9 Å². The van der Waals surface area contributed by atoms with E-state index in [-0.39, 0.29) is 18.4 Å². The van der Waals surface area contributed by atoms with Crippen molar-refractivity contribution >= 4 is 23.7 Å². The van der Waals surface area contributed by atoms with Crippen molar-refractivity contribution in [3.8, 4) is 10.6 Å². The summed E-state index contributed by atoms with van der Waals surface area (Å²) in [5.74, 6) is 0. The molecule has 1 unspecified atom stereocenters. The van der Waals surface area contributed by atoms with Crippen molar-refractivity contribution < 1.29 is 0 Å². The van der Waals surface area contributed by atoms with E-state index in [9.17, 15) is 0 Å². The van der Waals surface area contributed by atoms with E-state index in [4.69, 9.17) is 5.73 Å². The summed E-state index contributed by atoms with van der Waals surface area (Å²) in [5.41, 5.74) is 8.05. The summed E-state index contributed by atoms with van der Waals surface area (Å²) < 4.78 is 0. The number of hydrogen-bond acceptors (Lipinski definition) is 4. The Morgan fingerprint density at radius 2 is 2.06 bits per heavy atom. The Morgan fingerprint density at radius 1 is 1.31 bits per heavy atom. The zero-order chi connectivity index (χ0) is 10.8. The third-order valence-corrected chi connectivity index (χ3v) is 3.07. The molecule has 0 aliphatic rings. The second-order valence-electron chi connectivity index (χ2n) is 3.54. The quantitative estimate of drug-likeness (QED) is 0.898. The van der Waals surface area contributed by atoms with Crippen LogP contribution in [0.1, 0.15) is 23.5 Å². The summed E-state index contributed by atoms with van der Waals surface area (Å²) >= 11 is 1.60. The molecule has 3 nitrogen and oxygen atoms in total. The molecule has 1 heterocycles. The van der Waals surface area contributed by atoms with Crippen LogP contribution in [0.3, 0.4) is 0 Å². The number of hydrogen-bond donors (Lipinski definition) is 1. The molecule has 2 rings (SSSR count). The smallest absolute Gasteiger partial charge is 0.147 e. The maximum Gasteiger partial charge on any atom is 0.147 e. The van der Waals surface area contributed by atoms with Crippen LogP contribution in [0, 0.1) is 6.92 Å². The van der Waals surface area contributed by atoms with Gasteiger partial charge in [-0.05, 0) is 25.5 Å². The Hall–Kier alpha value is -0.970. The second kappa shape index (κ2) is 5.39. The summed E-state index contributed by atoms with van der Waals surface area (Å²) in [6.07, 6.45) is 0. The van der Waals surface area contributed by atoms with Crippen LogP contribution >= 0.6 is 23.7 Å². The van der Waals surface area contributed by atoms with E-state index in [0.717, 1.165) is 21.1 Å². The lowest BCUT2D eigenvalue weighted by atomic mass is 10.1. The summed E-state index contributed by atoms with van der Waals surface area (Å²) in [5, 5.41) is 10.1. The molecular weight excluding hydrogens is 242 g/mol. The molecule has 0 radical (unpaired) electrons. The molecule has 1 aromatic carbocycles. The molecule has 0 spiro atoms. The Bertz CT molecular complexity index is 468. The van der Waals surface area contributed by atoms with Crippen molar-refractivity contribution in [1.82, 2.24) is 10.2 Å². The number of halogens is 1. The van der Waals surface area contributed by atoms with Crippen LogP contribution < -0.4 is 5.73 Å². The molecule has 2 aromatic rings. The molecule has 0 aliphatic carbocycles. The number of rotatable bonds is 2. The van der Waals surface area contributed by atoms with Crippen LogP contribution in [0.5, 0.6) is 0 Å². The first-order valence-electron chi connectivity index (χ1n) is 4.83. The molecule has 1 aromatic heterocycles. The zero-order valence-corrected chi connectivity index (χ0v) is 10.8. The highest BCUT2D eigenvalue weighted by molar-refractivity contribution is 7.14. The summed E-state index contributed by atoms with van der Waals surface area (Å²) in [7, 11) is 0. The van der Waals surface area contributed by atoms with Gasteiger partial charge in [0.2, 0.25) is 0 Å². The lowest BCUT2D eigenvalue weighted by Gasteiger charge is -2.05. The van der Waals surface area contributed by atoms with Crippen molar-refractivity contribution in [3.05, 3.63) is 34.8 Å². The van der Waals surface area contributed by atoms with Gasteiger partial charge in [-0.2, -0.15) is 0 Å². The largest absolute Gasteiger partial charge is 0.324 e. The summed E-state index contributed by atoms with van der Waals surface area (Å²) in [6.45, 7) is 3.93. The standard InChI is InChI=1S/C11H13N3S.ClH/c1-7(12)9-4-3-5-10(6-9)11-14-13-8(2)15-11;/h3-7H,12H2,1-2H3;1H. The minimum absolute atomic E-state index is 0. The van der Waals surface area contributed by atoms with Crippen molar-refractivity contribution in [2.24, 2.45) is 5.73 Å². The van der Waals surface area contributed by atoms with Crippen LogP contribution in [0.25, 0.3) is 10.6 Å². The molecule has 0 aliphatic heterocycles. The van der Waals surface area contributed by atoms with Crippen LogP contribution in [0.2, 0.25) is 0 Å². The van der Waals surface area contributed by atoms with Crippen LogP contribution in [-0.2, 0) is 0 Å². The molecular formula is C11H14ClN3S. The highest BCUT2D eigenvalue weighted by atomic mass is 35.5. The van der Waals surface area contributed by atoms with E-state index in [1.807, 2.05) is 32.0 Å². The van der Waals surface area contributed by atoms with Crippen LogP contribution in [0.15, 0.2) is 24.3 Å². The highest BCUT2D eigenvalue weighted by Crippen LogP contribution is 2.25. The summed E-state index contributed by atoms with van der Waals surface area (Å²) in [4.78, 5) is 0. The Kier molecular flexibility index (Phi) is 4.41.